The quantitative estimate of drug-likeness (QED) is 0.527. The van der Waals surface area contributed by atoms with Crippen molar-refractivity contribution in [3.05, 3.63) is 29.8 Å². The van der Waals surface area contributed by atoms with E-state index in [1.165, 1.54) is 12.1 Å². The number of alkyl carbamates (subject to hydrolysis) is 1. The molecule has 1 aromatic carbocycles. The summed E-state index contributed by atoms with van der Waals surface area (Å²) in [5, 5.41) is 2.64. The standard InChI is InChI=1S/C18H27NO7S/c1-6-24-16(20)11-14(12-19-17(21)25-18(2,3)4)13-7-9-15(10-8-13)26-27(5,22)23/h7-10,14H,6,11-12H2,1-5H3,(H,19,21). The molecular weight excluding hydrogens is 374 g/mol. The SMILES string of the molecule is CCOC(=O)CC(CNC(=O)OC(C)(C)C)c1ccc(OS(C)(=O)=O)cc1. The number of carbonyl (C=O) groups excluding carboxylic acids is 2. The van der Waals surface area contributed by atoms with Gasteiger partial charge in [-0.1, -0.05) is 12.1 Å². The Morgan fingerprint density at radius 3 is 2.22 bits per heavy atom. The van der Waals surface area contributed by atoms with Gasteiger partial charge in [-0.2, -0.15) is 8.42 Å². The van der Waals surface area contributed by atoms with Crippen molar-refractivity contribution in [2.45, 2.75) is 45.6 Å². The zero-order chi connectivity index (χ0) is 20.7. The molecule has 0 spiro atoms. The summed E-state index contributed by atoms with van der Waals surface area (Å²) < 4.78 is 37.3. The first-order valence-electron chi connectivity index (χ1n) is 8.51. The van der Waals surface area contributed by atoms with Gasteiger partial charge in [-0.05, 0) is 45.4 Å². The second kappa shape index (κ2) is 9.59. The van der Waals surface area contributed by atoms with Crippen LogP contribution in [0.4, 0.5) is 4.79 Å². The predicted octanol–water partition coefficient (Wildman–Crippen LogP) is 2.59. The van der Waals surface area contributed by atoms with Crippen molar-refractivity contribution in [3.8, 4) is 5.75 Å². The molecule has 9 heteroatoms. The van der Waals surface area contributed by atoms with E-state index in [-0.39, 0.29) is 31.2 Å². The zero-order valence-electron chi connectivity index (χ0n) is 16.3. The first-order chi connectivity index (χ1) is 12.4. The second-order valence-corrected chi connectivity index (χ2v) is 8.52. The Morgan fingerprint density at radius 1 is 1.15 bits per heavy atom. The molecule has 152 valence electrons. The van der Waals surface area contributed by atoms with E-state index in [2.05, 4.69) is 5.32 Å². The predicted molar refractivity (Wildman–Crippen MR) is 100 cm³/mol. The van der Waals surface area contributed by atoms with Gasteiger partial charge in [0.25, 0.3) is 0 Å². The van der Waals surface area contributed by atoms with E-state index in [0.717, 1.165) is 11.8 Å². The molecule has 0 fully saturated rings. The average Bonchev–Trinajstić information content (AvgIpc) is 2.49. The lowest BCUT2D eigenvalue weighted by molar-refractivity contribution is -0.143. The van der Waals surface area contributed by atoms with E-state index < -0.39 is 27.8 Å². The van der Waals surface area contributed by atoms with Crippen LogP contribution in [0, 0.1) is 0 Å². The summed E-state index contributed by atoms with van der Waals surface area (Å²) in [7, 11) is -3.62. The highest BCUT2D eigenvalue weighted by Gasteiger charge is 2.21. The molecule has 0 radical (unpaired) electrons. The van der Waals surface area contributed by atoms with E-state index in [4.69, 9.17) is 13.7 Å². The fraction of sp³-hybridized carbons (Fsp3) is 0.556. The fourth-order valence-electron chi connectivity index (χ4n) is 2.22. The molecule has 1 N–H and O–H groups in total. The second-order valence-electron chi connectivity index (χ2n) is 6.95. The van der Waals surface area contributed by atoms with Crippen molar-refractivity contribution in [1.29, 1.82) is 0 Å². The number of esters is 1. The number of hydrogen-bond donors (Lipinski definition) is 1. The Balaban J connectivity index is 2.87. The van der Waals surface area contributed by atoms with Crippen LogP contribution in [0.25, 0.3) is 0 Å². The van der Waals surface area contributed by atoms with E-state index in [0.29, 0.717) is 0 Å². The first-order valence-corrected chi connectivity index (χ1v) is 10.3. The largest absolute Gasteiger partial charge is 0.466 e. The summed E-state index contributed by atoms with van der Waals surface area (Å²) in [6.45, 7) is 7.38. The van der Waals surface area contributed by atoms with Gasteiger partial charge in [0.15, 0.2) is 0 Å². The molecule has 1 atom stereocenters. The Bertz CT molecular complexity index is 736. The lowest BCUT2D eigenvalue weighted by Crippen LogP contribution is -2.35. The molecule has 1 aromatic rings. The number of ether oxygens (including phenoxy) is 2. The van der Waals surface area contributed by atoms with Crippen molar-refractivity contribution in [2.24, 2.45) is 0 Å². The average molecular weight is 401 g/mol. The number of nitrogens with one attached hydrogen (secondary N) is 1. The lowest BCUT2D eigenvalue weighted by Gasteiger charge is -2.22. The summed E-state index contributed by atoms with van der Waals surface area (Å²) in [6, 6.07) is 6.26. The molecule has 0 bridgehead atoms. The maximum atomic E-state index is 11.9. The van der Waals surface area contributed by atoms with E-state index in [9.17, 15) is 18.0 Å². The van der Waals surface area contributed by atoms with Gasteiger partial charge in [-0.15, -0.1) is 0 Å². The van der Waals surface area contributed by atoms with E-state index in [1.54, 1.807) is 39.8 Å². The number of carbonyl (C=O) groups is 2. The fourth-order valence-corrected chi connectivity index (χ4v) is 2.68. The number of amides is 1. The summed E-state index contributed by atoms with van der Waals surface area (Å²) in [4.78, 5) is 23.8. The van der Waals surface area contributed by atoms with Crippen LogP contribution < -0.4 is 9.50 Å². The van der Waals surface area contributed by atoms with Crippen LogP contribution in [-0.2, 0) is 24.4 Å². The third kappa shape index (κ3) is 9.83. The Hall–Kier alpha value is -2.29. The van der Waals surface area contributed by atoms with E-state index in [1.807, 2.05) is 0 Å². The van der Waals surface area contributed by atoms with Gasteiger partial charge in [0, 0.05) is 12.5 Å². The molecule has 1 unspecified atom stereocenters. The molecule has 1 rings (SSSR count). The van der Waals surface area contributed by atoms with Crippen molar-refractivity contribution in [3.63, 3.8) is 0 Å². The van der Waals surface area contributed by atoms with Crippen LogP contribution in [0.3, 0.4) is 0 Å². The van der Waals surface area contributed by atoms with Gasteiger partial charge in [-0.25, -0.2) is 4.79 Å². The molecule has 0 aromatic heterocycles. The zero-order valence-corrected chi connectivity index (χ0v) is 17.1. The van der Waals surface area contributed by atoms with Crippen molar-refractivity contribution < 1.29 is 31.7 Å². The van der Waals surface area contributed by atoms with Gasteiger partial charge in [0.1, 0.15) is 11.4 Å². The van der Waals surface area contributed by atoms with Crippen LogP contribution in [-0.4, -0.2) is 45.5 Å². The highest BCUT2D eigenvalue weighted by Crippen LogP contribution is 2.23. The van der Waals surface area contributed by atoms with E-state index >= 15 is 0 Å². The highest BCUT2D eigenvalue weighted by atomic mass is 32.2. The molecule has 0 saturated heterocycles. The molecular formula is C18H27NO7S. The van der Waals surface area contributed by atoms with Gasteiger partial charge < -0.3 is 19.0 Å². The van der Waals surface area contributed by atoms with Crippen LogP contribution in [0.15, 0.2) is 24.3 Å². The number of benzene rings is 1. The molecule has 0 saturated carbocycles. The maximum Gasteiger partial charge on any atom is 0.407 e. The van der Waals surface area contributed by atoms with Gasteiger partial charge in [-0.3, -0.25) is 4.79 Å². The third-order valence-electron chi connectivity index (χ3n) is 3.21. The highest BCUT2D eigenvalue weighted by molar-refractivity contribution is 7.86. The first kappa shape index (κ1) is 22.8. The Morgan fingerprint density at radius 2 is 1.74 bits per heavy atom. The number of hydrogen-bond acceptors (Lipinski definition) is 7. The molecule has 0 aliphatic heterocycles. The molecule has 1 amide bonds. The number of rotatable bonds is 8. The normalized spacial score (nSPS) is 12.8. The maximum absolute atomic E-state index is 11.9. The minimum atomic E-state index is -3.62. The third-order valence-corrected chi connectivity index (χ3v) is 3.70. The van der Waals surface area contributed by atoms with Gasteiger partial charge in [0.2, 0.25) is 0 Å². The molecule has 8 nitrogen and oxygen atoms in total. The monoisotopic (exact) mass is 401 g/mol. The summed E-state index contributed by atoms with van der Waals surface area (Å²) in [5.41, 5.74) is 0.0886. The Labute approximate surface area is 160 Å². The Kier molecular flexibility index (Phi) is 8.08. The molecule has 0 aliphatic rings. The summed E-state index contributed by atoms with van der Waals surface area (Å²) in [5.74, 6) is -0.606. The molecule has 0 heterocycles. The smallest absolute Gasteiger partial charge is 0.407 e. The van der Waals surface area contributed by atoms with Crippen LogP contribution in [0.1, 0.15) is 45.6 Å². The van der Waals surface area contributed by atoms with Gasteiger partial charge >= 0.3 is 22.2 Å². The molecule has 27 heavy (non-hydrogen) atoms. The van der Waals surface area contributed by atoms with Crippen molar-refractivity contribution in [1.82, 2.24) is 5.32 Å². The summed E-state index contributed by atoms with van der Waals surface area (Å²) in [6.07, 6.45) is 0.416. The van der Waals surface area contributed by atoms with Crippen LogP contribution in [0.5, 0.6) is 5.75 Å². The lowest BCUT2D eigenvalue weighted by atomic mass is 9.95. The minimum absolute atomic E-state index is 0.0515. The minimum Gasteiger partial charge on any atom is -0.466 e. The van der Waals surface area contributed by atoms with Crippen LogP contribution >= 0.6 is 0 Å². The summed E-state index contributed by atoms with van der Waals surface area (Å²) >= 11 is 0. The van der Waals surface area contributed by atoms with Gasteiger partial charge in [0.05, 0.1) is 19.3 Å². The topological polar surface area (TPSA) is 108 Å². The molecule has 0 aliphatic carbocycles. The van der Waals surface area contributed by atoms with Crippen molar-refractivity contribution in [2.75, 3.05) is 19.4 Å². The van der Waals surface area contributed by atoms with Crippen molar-refractivity contribution >= 4 is 22.2 Å². The van der Waals surface area contributed by atoms with Crippen LogP contribution in [0.2, 0.25) is 0 Å².